The standard InChI is InChI=1S/C15H20FNO2/c16-12-4-5-13-11(8-18-10-19-13)14(12)15(9-17)6-2-1-3-7-15/h4-5H,1-3,6-10,17H2. The maximum absolute atomic E-state index is 14.4. The fourth-order valence-electron chi connectivity index (χ4n) is 3.49. The fourth-order valence-corrected chi connectivity index (χ4v) is 3.49. The minimum Gasteiger partial charge on any atom is -0.467 e. The van der Waals surface area contributed by atoms with Gasteiger partial charge in [-0.1, -0.05) is 19.3 Å². The number of fused-ring (bicyclic) bond motifs is 1. The van der Waals surface area contributed by atoms with Crippen molar-refractivity contribution in [3.05, 3.63) is 29.1 Å². The van der Waals surface area contributed by atoms with E-state index in [4.69, 9.17) is 15.2 Å². The fraction of sp³-hybridized carbons (Fsp3) is 0.600. The van der Waals surface area contributed by atoms with Crippen LogP contribution in [0.1, 0.15) is 43.2 Å². The van der Waals surface area contributed by atoms with E-state index in [9.17, 15) is 4.39 Å². The van der Waals surface area contributed by atoms with Gasteiger partial charge >= 0.3 is 0 Å². The Labute approximate surface area is 112 Å². The highest BCUT2D eigenvalue weighted by Crippen LogP contribution is 2.44. The molecule has 4 heteroatoms. The van der Waals surface area contributed by atoms with E-state index in [-0.39, 0.29) is 18.0 Å². The SMILES string of the molecule is NCC1(c2c(F)ccc3c2COCO3)CCCCC1. The zero-order valence-corrected chi connectivity index (χ0v) is 11.1. The number of rotatable bonds is 2. The van der Waals surface area contributed by atoms with Crippen molar-refractivity contribution in [3.63, 3.8) is 0 Å². The molecule has 0 aromatic heterocycles. The van der Waals surface area contributed by atoms with Crippen molar-refractivity contribution in [2.75, 3.05) is 13.3 Å². The maximum atomic E-state index is 14.4. The highest BCUT2D eigenvalue weighted by molar-refractivity contribution is 5.46. The lowest BCUT2D eigenvalue weighted by atomic mass is 9.68. The van der Waals surface area contributed by atoms with Crippen molar-refractivity contribution < 1.29 is 13.9 Å². The first-order valence-electron chi connectivity index (χ1n) is 6.99. The Kier molecular flexibility index (Phi) is 3.46. The Hall–Kier alpha value is -1.13. The minimum absolute atomic E-state index is 0.166. The quantitative estimate of drug-likeness (QED) is 0.894. The Balaban J connectivity index is 2.11. The van der Waals surface area contributed by atoms with Gasteiger partial charge in [0.05, 0.1) is 6.61 Å². The summed E-state index contributed by atoms with van der Waals surface area (Å²) in [7, 11) is 0. The highest BCUT2D eigenvalue weighted by atomic mass is 19.1. The van der Waals surface area contributed by atoms with Crippen molar-refractivity contribution in [1.29, 1.82) is 0 Å². The molecule has 0 atom stereocenters. The van der Waals surface area contributed by atoms with Crippen LogP contribution in [0.15, 0.2) is 12.1 Å². The Morgan fingerprint density at radius 1 is 1.21 bits per heavy atom. The van der Waals surface area contributed by atoms with Crippen LogP contribution in [0.4, 0.5) is 4.39 Å². The molecule has 1 aromatic rings. The molecule has 0 spiro atoms. The number of halogens is 1. The van der Waals surface area contributed by atoms with Gasteiger partial charge in [0.15, 0.2) is 6.79 Å². The molecular formula is C15H20FNO2. The van der Waals surface area contributed by atoms with Crippen LogP contribution < -0.4 is 10.5 Å². The summed E-state index contributed by atoms with van der Waals surface area (Å²) in [4.78, 5) is 0. The number of benzene rings is 1. The second-order valence-electron chi connectivity index (χ2n) is 5.55. The Morgan fingerprint density at radius 2 is 2.00 bits per heavy atom. The molecule has 104 valence electrons. The van der Waals surface area contributed by atoms with E-state index in [1.807, 2.05) is 0 Å². The van der Waals surface area contributed by atoms with Crippen molar-refractivity contribution in [1.82, 2.24) is 0 Å². The van der Waals surface area contributed by atoms with Crippen LogP contribution in [0, 0.1) is 5.82 Å². The summed E-state index contributed by atoms with van der Waals surface area (Å²) < 4.78 is 25.2. The summed E-state index contributed by atoms with van der Waals surface area (Å²) in [6, 6.07) is 3.20. The molecule has 2 aliphatic rings. The molecule has 3 rings (SSSR count). The summed E-state index contributed by atoms with van der Waals surface area (Å²) in [5.74, 6) is 0.584. The third-order valence-electron chi connectivity index (χ3n) is 4.49. The molecule has 0 amide bonds. The summed E-state index contributed by atoms with van der Waals surface area (Å²) in [5, 5.41) is 0. The smallest absolute Gasteiger partial charge is 0.189 e. The molecule has 1 fully saturated rings. The number of nitrogens with two attached hydrogens (primary N) is 1. The van der Waals surface area contributed by atoms with Crippen LogP contribution in [0.25, 0.3) is 0 Å². The summed E-state index contributed by atoms with van der Waals surface area (Å²) in [5.41, 5.74) is 7.39. The van der Waals surface area contributed by atoms with E-state index >= 15 is 0 Å². The predicted molar refractivity (Wildman–Crippen MR) is 70.5 cm³/mol. The van der Waals surface area contributed by atoms with Gasteiger partial charge in [-0.25, -0.2) is 4.39 Å². The Bertz CT molecular complexity index is 469. The van der Waals surface area contributed by atoms with E-state index in [1.54, 1.807) is 6.07 Å². The summed E-state index contributed by atoms with van der Waals surface area (Å²) >= 11 is 0. The molecule has 1 aliphatic heterocycles. The Morgan fingerprint density at radius 3 is 2.74 bits per heavy atom. The number of ether oxygens (including phenoxy) is 2. The van der Waals surface area contributed by atoms with Gasteiger partial charge in [-0.3, -0.25) is 0 Å². The van der Waals surface area contributed by atoms with Crippen LogP contribution in [0.5, 0.6) is 5.75 Å². The zero-order valence-electron chi connectivity index (χ0n) is 11.1. The van der Waals surface area contributed by atoms with Crippen LogP contribution in [-0.4, -0.2) is 13.3 Å². The minimum atomic E-state index is -0.238. The lowest BCUT2D eigenvalue weighted by Crippen LogP contribution is -2.39. The van der Waals surface area contributed by atoms with E-state index in [0.29, 0.717) is 13.2 Å². The van der Waals surface area contributed by atoms with Crippen molar-refractivity contribution in [2.45, 2.75) is 44.1 Å². The van der Waals surface area contributed by atoms with Crippen LogP contribution in [-0.2, 0) is 16.8 Å². The molecule has 1 aromatic carbocycles. The normalized spacial score (nSPS) is 21.6. The maximum Gasteiger partial charge on any atom is 0.189 e. The zero-order chi connectivity index (χ0) is 13.3. The number of hydrogen-bond acceptors (Lipinski definition) is 3. The molecule has 1 saturated carbocycles. The van der Waals surface area contributed by atoms with Crippen molar-refractivity contribution in [3.8, 4) is 5.75 Å². The van der Waals surface area contributed by atoms with Gasteiger partial charge in [0, 0.05) is 23.1 Å². The van der Waals surface area contributed by atoms with Gasteiger partial charge in [0.1, 0.15) is 11.6 Å². The largest absolute Gasteiger partial charge is 0.467 e. The summed E-state index contributed by atoms with van der Waals surface area (Å²) in [6.07, 6.45) is 5.35. The van der Waals surface area contributed by atoms with Crippen LogP contribution >= 0.6 is 0 Å². The molecule has 0 saturated heterocycles. The molecule has 19 heavy (non-hydrogen) atoms. The third-order valence-corrected chi connectivity index (χ3v) is 4.49. The van der Waals surface area contributed by atoms with Gasteiger partial charge in [-0.15, -0.1) is 0 Å². The van der Waals surface area contributed by atoms with Gasteiger partial charge in [0.25, 0.3) is 0 Å². The first-order chi connectivity index (χ1) is 9.27. The highest BCUT2D eigenvalue weighted by Gasteiger charge is 2.38. The molecule has 2 N–H and O–H groups in total. The molecule has 1 aliphatic carbocycles. The first kappa shape index (κ1) is 12.9. The van der Waals surface area contributed by atoms with Gasteiger partial charge in [-0.05, 0) is 25.0 Å². The van der Waals surface area contributed by atoms with Gasteiger partial charge < -0.3 is 15.2 Å². The molecule has 0 unspecified atom stereocenters. The lowest BCUT2D eigenvalue weighted by molar-refractivity contribution is -0.0179. The van der Waals surface area contributed by atoms with Crippen molar-refractivity contribution in [2.24, 2.45) is 5.73 Å². The molecule has 3 nitrogen and oxygen atoms in total. The molecular weight excluding hydrogens is 245 g/mol. The van der Waals surface area contributed by atoms with Gasteiger partial charge in [0.2, 0.25) is 0 Å². The molecule has 0 radical (unpaired) electrons. The van der Waals surface area contributed by atoms with Crippen LogP contribution in [0.2, 0.25) is 0 Å². The third kappa shape index (κ3) is 2.13. The first-order valence-corrected chi connectivity index (χ1v) is 6.99. The predicted octanol–water partition coefficient (Wildman–Crippen LogP) is 2.85. The van der Waals surface area contributed by atoms with Crippen molar-refractivity contribution >= 4 is 0 Å². The number of hydrogen-bond donors (Lipinski definition) is 1. The molecule has 0 bridgehead atoms. The average Bonchev–Trinajstić information content (AvgIpc) is 2.48. The van der Waals surface area contributed by atoms with E-state index in [0.717, 1.165) is 42.6 Å². The molecule has 1 heterocycles. The van der Waals surface area contributed by atoms with E-state index < -0.39 is 0 Å². The average molecular weight is 265 g/mol. The lowest BCUT2D eigenvalue weighted by Gasteiger charge is -2.39. The topological polar surface area (TPSA) is 44.5 Å². The van der Waals surface area contributed by atoms with E-state index in [2.05, 4.69) is 0 Å². The van der Waals surface area contributed by atoms with Crippen LogP contribution in [0.3, 0.4) is 0 Å². The van der Waals surface area contributed by atoms with Gasteiger partial charge in [-0.2, -0.15) is 0 Å². The second kappa shape index (κ2) is 5.10. The monoisotopic (exact) mass is 265 g/mol. The second-order valence-corrected chi connectivity index (χ2v) is 5.55. The summed E-state index contributed by atoms with van der Waals surface area (Å²) in [6.45, 7) is 1.15. The van der Waals surface area contributed by atoms with E-state index in [1.165, 1.54) is 12.5 Å².